The zero-order valence-corrected chi connectivity index (χ0v) is 14.1. The van der Waals surface area contributed by atoms with E-state index in [0.29, 0.717) is 12.1 Å². The Morgan fingerprint density at radius 1 is 1.36 bits per heavy atom. The van der Waals surface area contributed by atoms with Gasteiger partial charge in [0.15, 0.2) is 0 Å². The van der Waals surface area contributed by atoms with Gasteiger partial charge in [-0.05, 0) is 41.3 Å². The van der Waals surface area contributed by atoms with E-state index in [9.17, 15) is 4.79 Å². The second kappa shape index (κ2) is 7.82. The lowest BCUT2D eigenvalue weighted by molar-refractivity contribution is -0.143. The van der Waals surface area contributed by atoms with Gasteiger partial charge < -0.3 is 14.8 Å². The van der Waals surface area contributed by atoms with Gasteiger partial charge in [-0.25, -0.2) is 4.79 Å². The van der Waals surface area contributed by atoms with Crippen molar-refractivity contribution >= 4 is 5.97 Å². The Kier molecular flexibility index (Phi) is 5.32. The highest BCUT2D eigenvalue weighted by molar-refractivity contribution is 5.77. The highest BCUT2D eigenvalue weighted by atomic mass is 16.5. The average molecular weight is 336 g/mol. The first kappa shape index (κ1) is 17.0. The van der Waals surface area contributed by atoms with Gasteiger partial charge in [-0.1, -0.05) is 24.3 Å². The Morgan fingerprint density at radius 2 is 2.24 bits per heavy atom. The molecule has 3 rings (SSSR count). The van der Waals surface area contributed by atoms with Crippen LogP contribution < -0.4 is 10.1 Å². The Balaban J connectivity index is 1.67. The smallest absolute Gasteiger partial charge is 0.327 e. The van der Waals surface area contributed by atoms with Gasteiger partial charge in [0.2, 0.25) is 0 Å². The van der Waals surface area contributed by atoms with Gasteiger partial charge in [0.05, 0.1) is 25.3 Å². The molecule has 0 spiro atoms. The number of nitrogens with zero attached hydrogens (tertiary/aromatic N) is 1. The Morgan fingerprint density at radius 3 is 3.04 bits per heavy atom. The molecule has 0 bridgehead atoms. The van der Waals surface area contributed by atoms with Crippen LogP contribution in [0.2, 0.25) is 0 Å². The molecular weight excluding hydrogens is 316 g/mol. The first-order valence-corrected chi connectivity index (χ1v) is 8.27. The first-order chi connectivity index (χ1) is 12.2. The van der Waals surface area contributed by atoms with Gasteiger partial charge >= 0.3 is 5.97 Å². The summed E-state index contributed by atoms with van der Waals surface area (Å²) in [4.78, 5) is 12.1. The lowest BCUT2D eigenvalue weighted by Gasteiger charge is -2.17. The number of hydrogen-bond donors (Lipinski definition) is 1. The quantitative estimate of drug-likeness (QED) is 0.821. The molecular formula is C20H20N2O3. The maximum absolute atomic E-state index is 12.1. The number of rotatable bonds is 6. The lowest BCUT2D eigenvalue weighted by atomic mass is 10.0. The van der Waals surface area contributed by atoms with Crippen molar-refractivity contribution in [2.75, 3.05) is 20.3 Å². The summed E-state index contributed by atoms with van der Waals surface area (Å²) in [6.45, 7) is 1.37. The number of carbonyl (C=O) groups excluding carboxylic acids is 1. The molecule has 128 valence electrons. The summed E-state index contributed by atoms with van der Waals surface area (Å²) in [5.41, 5.74) is 3.69. The number of ether oxygens (including phenoxy) is 2. The van der Waals surface area contributed by atoms with E-state index in [0.717, 1.165) is 30.8 Å². The molecule has 1 N–H and O–H groups in total. The monoisotopic (exact) mass is 336 g/mol. The van der Waals surface area contributed by atoms with Crippen LogP contribution in [0.1, 0.15) is 28.3 Å². The van der Waals surface area contributed by atoms with Crippen LogP contribution in [0.4, 0.5) is 0 Å². The highest BCUT2D eigenvalue weighted by Gasteiger charge is 2.21. The number of esters is 1. The van der Waals surface area contributed by atoms with Gasteiger partial charge in [0.1, 0.15) is 11.8 Å². The van der Waals surface area contributed by atoms with Gasteiger partial charge in [-0.3, -0.25) is 0 Å². The van der Waals surface area contributed by atoms with Crippen LogP contribution in [-0.4, -0.2) is 26.2 Å². The summed E-state index contributed by atoms with van der Waals surface area (Å²) in [6, 6.07) is 14.7. The number of methoxy groups -OCH3 is 1. The Bertz CT molecular complexity index is 811. The predicted octanol–water partition coefficient (Wildman–Crippen LogP) is 2.54. The van der Waals surface area contributed by atoms with E-state index in [1.54, 1.807) is 18.2 Å². The molecule has 0 saturated heterocycles. The molecule has 0 aromatic heterocycles. The maximum atomic E-state index is 12.1. The minimum absolute atomic E-state index is 0.363. The predicted molar refractivity (Wildman–Crippen MR) is 93.3 cm³/mol. The molecule has 2 aromatic carbocycles. The topological polar surface area (TPSA) is 71.3 Å². The van der Waals surface area contributed by atoms with Crippen molar-refractivity contribution < 1.29 is 14.3 Å². The van der Waals surface area contributed by atoms with Crippen LogP contribution in [0.3, 0.4) is 0 Å². The third-order valence-electron chi connectivity index (χ3n) is 4.30. The van der Waals surface area contributed by atoms with Crippen molar-refractivity contribution in [2.24, 2.45) is 0 Å². The number of hydrogen-bond acceptors (Lipinski definition) is 5. The molecule has 5 heteroatoms. The molecule has 25 heavy (non-hydrogen) atoms. The number of nitriles is 1. The molecule has 1 heterocycles. The number of carbonyl (C=O) groups is 1. The lowest BCUT2D eigenvalue weighted by Crippen LogP contribution is -2.31. The van der Waals surface area contributed by atoms with Crippen molar-refractivity contribution in [3.8, 4) is 11.8 Å². The maximum Gasteiger partial charge on any atom is 0.327 e. The molecule has 0 radical (unpaired) electrons. The van der Waals surface area contributed by atoms with Gasteiger partial charge in [-0.15, -0.1) is 0 Å². The van der Waals surface area contributed by atoms with Gasteiger partial charge in [0, 0.05) is 13.0 Å². The summed E-state index contributed by atoms with van der Waals surface area (Å²) in [5, 5.41) is 12.3. The minimum atomic E-state index is -0.587. The number of fused-ring (bicyclic) bond motifs is 1. The fourth-order valence-corrected chi connectivity index (χ4v) is 3.00. The molecule has 0 unspecified atom stereocenters. The Hall–Kier alpha value is -2.84. The second-order valence-corrected chi connectivity index (χ2v) is 5.94. The van der Waals surface area contributed by atoms with Crippen molar-refractivity contribution in [2.45, 2.75) is 18.9 Å². The summed E-state index contributed by atoms with van der Waals surface area (Å²) in [5.74, 6) is 0.606. The number of benzene rings is 2. The third kappa shape index (κ3) is 3.98. The van der Waals surface area contributed by atoms with Crippen molar-refractivity contribution in [3.05, 3.63) is 64.7 Å². The first-order valence-electron chi connectivity index (χ1n) is 8.27. The molecule has 0 saturated carbocycles. The van der Waals surface area contributed by atoms with E-state index in [-0.39, 0.29) is 5.97 Å². The van der Waals surface area contributed by atoms with Crippen LogP contribution in [0.5, 0.6) is 5.75 Å². The van der Waals surface area contributed by atoms with E-state index in [2.05, 4.69) is 23.5 Å². The van der Waals surface area contributed by atoms with Gasteiger partial charge in [-0.2, -0.15) is 5.26 Å². The van der Waals surface area contributed by atoms with E-state index in [1.165, 1.54) is 18.2 Å². The Labute approximate surface area is 147 Å². The fraction of sp³-hybridized carbons (Fsp3) is 0.300. The largest absolute Gasteiger partial charge is 0.493 e. The summed E-state index contributed by atoms with van der Waals surface area (Å²) in [7, 11) is 1.37. The fourth-order valence-electron chi connectivity index (χ4n) is 3.00. The van der Waals surface area contributed by atoms with Crippen LogP contribution >= 0.6 is 0 Å². The zero-order chi connectivity index (χ0) is 17.6. The normalized spacial score (nSPS) is 13.4. The van der Waals surface area contributed by atoms with Crippen LogP contribution in [0.25, 0.3) is 0 Å². The van der Waals surface area contributed by atoms with E-state index < -0.39 is 6.04 Å². The standard InChI is InChI=1S/C20H20N2O3/c1-24-20(23)19(17-4-2-3-15(12-17)13-21)22-9-7-14-5-6-18-16(11-14)8-10-25-18/h2-6,11-12,19,22H,7-10H2,1H3/t19-/m1/s1. The molecule has 0 amide bonds. The molecule has 1 aliphatic rings. The molecule has 5 nitrogen and oxygen atoms in total. The minimum Gasteiger partial charge on any atom is -0.493 e. The van der Waals surface area contributed by atoms with E-state index in [4.69, 9.17) is 14.7 Å². The second-order valence-electron chi connectivity index (χ2n) is 5.94. The summed E-state index contributed by atoms with van der Waals surface area (Å²) in [6.07, 6.45) is 1.74. The SMILES string of the molecule is COC(=O)[C@H](NCCc1ccc2c(c1)CCO2)c1cccc(C#N)c1. The summed E-state index contributed by atoms with van der Waals surface area (Å²) >= 11 is 0. The summed E-state index contributed by atoms with van der Waals surface area (Å²) < 4.78 is 10.4. The number of nitrogens with one attached hydrogen (secondary N) is 1. The highest BCUT2D eigenvalue weighted by Crippen LogP contribution is 2.26. The molecule has 1 aliphatic heterocycles. The molecule has 1 atom stereocenters. The van der Waals surface area contributed by atoms with Crippen LogP contribution in [0, 0.1) is 11.3 Å². The third-order valence-corrected chi connectivity index (χ3v) is 4.30. The van der Waals surface area contributed by atoms with Crippen LogP contribution in [0.15, 0.2) is 42.5 Å². The van der Waals surface area contributed by atoms with E-state index in [1.807, 2.05) is 12.1 Å². The van der Waals surface area contributed by atoms with Gasteiger partial charge in [0.25, 0.3) is 0 Å². The zero-order valence-electron chi connectivity index (χ0n) is 14.1. The van der Waals surface area contributed by atoms with Crippen molar-refractivity contribution in [3.63, 3.8) is 0 Å². The van der Waals surface area contributed by atoms with E-state index >= 15 is 0 Å². The molecule has 0 aliphatic carbocycles. The van der Waals surface area contributed by atoms with Crippen LogP contribution in [-0.2, 0) is 22.4 Å². The van der Waals surface area contributed by atoms with Crippen molar-refractivity contribution in [1.82, 2.24) is 5.32 Å². The molecule has 0 fully saturated rings. The van der Waals surface area contributed by atoms with Crippen molar-refractivity contribution in [1.29, 1.82) is 5.26 Å². The molecule has 2 aromatic rings. The average Bonchev–Trinajstić information content (AvgIpc) is 3.12.